The Bertz CT molecular complexity index is 1050. The van der Waals surface area contributed by atoms with Gasteiger partial charge in [0.15, 0.2) is 0 Å². The predicted octanol–water partition coefficient (Wildman–Crippen LogP) is 5.42. The third-order valence-electron chi connectivity index (χ3n) is 7.31. The van der Waals surface area contributed by atoms with Gasteiger partial charge in [-0.2, -0.15) is 0 Å². The number of carbonyl (C=O) groups is 1. The Morgan fingerprint density at radius 3 is 2.45 bits per heavy atom. The molecule has 2 aliphatic heterocycles. The number of carboxylic acids is 1. The van der Waals surface area contributed by atoms with Crippen molar-refractivity contribution in [1.82, 2.24) is 0 Å². The maximum atomic E-state index is 13.6. The highest BCUT2D eigenvalue weighted by molar-refractivity contribution is 5.90. The van der Waals surface area contributed by atoms with Crippen LogP contribution < -0.4 is 4.90 Å². The quantitative estimate of drug-likeness (QED) is 0.700. The highest BCUT2D eigenvalue weighted by atomic mass is 19.1. The molecule has 0 unspecified atom stereocenters. The number of nitrogens with zero attached hydrogens (tertiary/aromatic N) is 1. The SMILES string of the molecule is O=C(O)c1cc2c3c(c1)[C@@H]1C=CC[C@@H]1[C@H](c1ccc(F)cc1)N3C[C@@H]1CC=C[C@@H]21. The second-order valence-electron chi connectivity index (χ2n) is 8.76. The Morgan fingerprint density at radius 1 is 1.00 bits per heavy atom. The summed E-state index contributed by atoms with van der Waals surface area (Å²) >= 11 is 0. The van der Waals surface area contributed by atoms with Gasteiger partial charge in [-0.3, -0.25) is 0 Å². The van der Waals surface area contributed by atoms with Gasteiger partial charge in [0.05, 0.1) is 11.6 Å². The summed E-state index contributed by atoms with van der Waals surface area (Å²) in [5.41, 5.74) is 5.05. The molecule has 2 aromatic carbocycles. The summed E-state index contributed by atoms with van der Waals surface area (Å²) in [5, 5.41) is 9.74. The summed E-state index contributed by atoms with van der Waals surface area (Å²) in [6, 6.07) is 10.9. The topological polar surface area (TPSA) is 40.5 Å². The van der Waals surface area contributed by atoms with E-state index in [0.29, 0.717) is 17.4 Å². The summed E-state index contributed by atoms with van der Waals surface area (Å²) in [4.78, 5) is 14.4. The normalized spacial score (nSPS) is 30.8. The summed E-state index contributed by atoms with van der Waals surface area (Å²) in [7, 11) is 0. The third kappa shape index (κ3) is 2.38. The number of anilines is 1. The molecule has 6 rings (SSSR count). The molecule has 0 bridgehead atoms. The van der Waals surface area contributed by atoms with Crippen molar-refractivity contribution >= 4 is 11.7 Å². The van der Waals surface area contributed by atoms with Gasteiger partial charge in [-0.05, 0) is 65.6 Å². The fraction of sp³-hybridized carbons (Fsp3) is 0.320. The second kappa shape index (κ2) is 6.06. The molecule has 2 aromatic rings. The van der Waals surface area contributed by atoms with Gasteiger partial charge in [0.2, 0.25) is 0 Å². The number of hydrogen-bond donors (Lipinski definition) is 1. The van der Waals surface area contributed by atoms with Crippen LogP contribution in [0.2, 0.25) is 0 Å². The van der Waals surface area contributed by atoms with E-state index < -0.39 is 5.97 Å². The Kier molecular flexibility index (Phi) is 3.55. The first-order valence-corrected chi connectivity index (χ1v) is 10.4. The van der Waals surface area contributed by atoms with E-state index in [-0.39, 0.29) is 23.7 Å². The lowest BCUT2D eigenvalue weighted by molar-refractivity contribution is 0.0696. The summed E-state index contributed by atoms with van der Waals surface area (Å²) < 4.78 is 13.6. The van der Waals surface area contributed by atoms with Gasteiger partial charge < -0.3 is 10.0 Å². The zero-order valence-electron chi connectivity index (χ0n) is 16.0. The van der Waals surface area contributed by atoms with Crippen LogP contribution in [0.15, 0.2) is 60.7 Å². The monoisotopic (exact) mass is 387 g/mol. The van der Waals surface area contributed by atoms with Crippen LogP contribution in [-0.2, 0) is 0 Å². The number of aromatic carboxylic acids is 1. The average molecular weight is 387 g/mol. The Labute approximate surface area is 169 Å². The molecule has 29 heavy (non-hydrogen) atoms. The fourth-order valence-electron chi connectivity index (χ4n) is 6.14. The molecule has 0 amide bonds. The number of fused-ring (bicyclic) bond motifs is 4. The number of rotatable bonds is 2. The molecule has 4 aliphatic rings. The van der Waals surface area contributed by atoms with Crippen LogP contribution in [0.3, 0.4) is 0 Å². The highest BCUT2D eigenvalue weighted by Crippen LogP contribution is 2.58. The maximum Gasteiger partial charge on any atom is 0.335 e. The number of benzene rings is 2. The van der Waals surface area contributed by atoms with Gasteiger partial charge >= 0.3 is 5.97 Å². The molecule has 0 fully saturated rings. The van der Waals surface area contributed by atoms with Crippen molar-refractivity contribution in [2.45, 2.75) is 30.7 Å². The molecule has 5 atom stereocenters. The van der Waals surface area contributed by atoms with Crippen molar-refractivity contribution in [2.24, 2.45) is 11.8 Å². The molecule has 1 N–H and O–H groups in total. The first-order chi connectivity index (χ1) is 14.1. The van der Waals surface area contributed by atoms with E-state index in [9.17, 15) is 14.3 Å². The molecule has 4 heteroatoms. The van der Waals surface area contributed by atoms with Crippen LogP contribution >= 0.6 is 0 Å². The Morgan fingerprint density at radius 2 is 1.69 bits per heavy atom. The standard InChI is InChI=1S/C25H22FNO2/c26-17-9-7-14(8-10-17)23-20-6-2-5-19(20)22-12-16(25(28)29)11-21-18-4-1-3-15(18)13-27(23)24(21)22/h1-2,4-5,7-12,15,18-20,23H,3,6,13H2,(H,28,29)/t15-,18+,19+,20-,23-/m0/s1. The minimum atomic E-state index is -0.862. The van der Waals surface area contributed by atoms with Gasteiger partial charge in [-0.15, -0.1) is 0 Å². The van der Waals surface area contributed by atoms with Crippen molar-refractivity contribution in [3.05, 3.63) is 88.8 Å². The van der Waals surface area contributed by atoms with E-state index in [2.05, 4.69) is 29.2 Å². The minimum absolute atomic E-state index is 0.180. The number of hydrogen-bond acceptors (Lipinski definition) is 2. The van der Waals surface area contributed by atoms with Crippen LogP contribution in [0, 0.1) is 17.7 Å². The van der Waals surface area contributed by atoms with Crippen molar-refractivity contribution in [3.8, 4) is 0 Å². The molecular weight excluding hydrogens is 365 g/mol. The maximum absolute atomic E-state index is 13.6. The lowest BCUT2D eigenvalue weighted by Crippen LogP contribution is -2.46. The smallest absolute Gasteiger partial charge is 0.335 e. The highest BCUT2D eigenvalue weighted by Gasteiger charge is 2.48. The van der Waals surface area contributed by atoms with E-state index in [1.807, 2.05) is 24.3 Å². The zero-order valence-corrected chi connectivity index (χ0v) is 16.0. The third-order valence-corrected chi connectivity index (χ3v) is 7.31. The van der Waals surface area contributed by atoms with E-state index in [1.54, 1.807) is 12.1 Å². The molecule has 2 heterocycles. The summed E-state index contributed by atoms with van der Waals surface area (Å²) in [6.45, 7) is 0.954. The lowest BCUT2D eigenvalue weighted by atomic mass is 9.70. The van der Waals surface area contributed by atoms with Gasteiger partial charge in [-0.25, -0.2) is 9.18 Å². The first kappa shape index (κ1) is 17.0. The second-order valence-corrected chi connectivity index (χ2v) is 8.76. The van der Waals surface area contributed by atoms with Crippen LogP contribution in [0.25, 0.3) is 0 Å². The van der Waals surface area contributed by atoms with Crippen molar-refractivity contribution in [1.29, 1.82) is 0 Å². The van der Waals surface area contributed by atoms with Gasteiger partial charge in [-0.1, -0.05) is 36.4 Å². The largest absolute Gasteiger partial charge is 0.478 e. The van der Waals surface area contributed by atoms with Gasteiger partial charge in [0.25, 0.3) is 0 Å². The molecule has 0 saturated carbocycles. The first-order valence-electron chi connectivity index (χ1n) is 10.4. The molecule has 0 aromatic heterocycles. The van der Waals surface area contributed by atoms with Gasteiger partial charge in [0, 0.05) is 24.1 Å². The molecule has 146 valence electrons. The predicted molar refractivity (Wildman–Crippen MR) is 110 cm³/mol. The van der Waals surface area contributed by atoms with Crippen LogP contribution in [0.1, 0.15) is 57.8 Å². The van der Waals surface area contributed by atoms with E-state index in [1.165, 1.54) is 5.69 Å². The fourth-order valence-corrected chi connectivity index (χ4v) is 6.14. The Hall–Kier alpha value is -2.88. The molecular formula is C25H22FNO2. The summed E-state index contributed by atoms with van der Waals surface area (Å²) in [6.07, 6.45) is 11.0. The summed E-state index contributed by atoms with van der Waals surface area (Å²) in [5.74, 6) is 0.228. The van der Waals surface area contributed by atoms with Gasteiger partial charge in [0.1, 0.15) is 5.82 Å². The molecule has 3 nitrogen and oxygen atoms in total. The zero-order chi connectivity index (χ0) is 19.7. The van der Waals surface area contributed by atoms with Crippen molar-refractivity contribution < 1.29 is 14.3 Å². The van der Waals surface area contributed by atoms with E-state index in [4.69, 9.17) is 0 Å². The molecule has 0 spiro atoms. The van der Waals surface area contributed by atoms with Crippen LogP contribution in [-0.4, -0.2) is 17.6 Å². The minimum Gasteiger partial charge on any atom is -0.478 e. The molecule has 2 aliphatic carbocycles. The molecule has 0 saturated heterocycles. The number of halogens is 1. The van der Waals surface area contributed by atoms with Crippen molar-refractivity contribution in [2.75, 3.05) is 11.4 Å². The average Bonchev–Trinajstić information content (AvgIpc) is 3.38. The number of allylic oxidation sites excluding steroid dienone is 4. The van der Waals surface area contributed by atoms with Crippen LogP contribution in [0.5, 0.6) is 0 Å². The number of carboxylic acid groups (broad SMARTS) is 1. The van der Waals surface area contributed by atoms with E-state index in [0.717, 1.165) is 36.1 Å². The van der Waals surface area contributed by atoms with Crippen LogP contribution in [0.4, 0.5) is 10.1 Å². The lowest BCUT2D eigenvalue weighted by Gasteiger charge is -2.51. The van der Waals surface area contributed by atoms with Crippen molar-refractivity contribution in [3.63, 3.8) is 0 Å². The Balaban J connectivity index is 1.59. The molecule has 0 radical (unpaired) electrons. The van der Waals surface area contributed by atoms with E-state index >= 15 is 0 Å².